The highest BCUT2D eigenvalue weighted by molar-refractivity contribution is 5.34. The fraction of sp³-hybridized carbons (Fsp3) is 0.500. The molecule has 2 rings (SSSR count). The fourth-order valence-corrected chi connectivity index (χ4v) is 2.23. The Morgan fingerprint density at radius 1 is 1.24 bits per heavy atom. The van der Waals surface area contributed by atoms with Gasteiger partial charge in [0.25, 0.3) is 0 Å². The van der Waals surface area contributed by atoms with Crippen molar-refractivity contribution in [3.63, 3.8) is 0 Å². The number of hydrogen-bond acceptors (Lipinski definition) is 2. The van der Waals surface area contributed by atoms with Crippen molar-refractivity contribution in [1.29, 1.82) is 0 Å². The Morgan fingerprint density at radius 2 is 1.88 bits per heavy atom. The predicted octanol–water partition coefficient (Wildman–Crippen LogP) is 3.02. The lowest BCUT2D eigenvalue weighted by atomic mass is 9.77. The molecule has 0 aliphatic heterocycles. The Labute approximate surface area is 98.0 Å². The Balaban J connectivity index is 2.35. The Morgan fingerprint density at radius 3 is 2.35 bits per heavy atom. The van der Waals surface area contributed by atoms with Gasteiger partial charge in [-0.3, -0.25) is 5.84 Å². The third-order valence-corrected chi connectivity index (χ3v) is 3.35. The van der Waals surface area contributed by atoms with E-state index in [4.69, 9.17) is 5.84 Å². The minimum atomic E-state index is -4.37. The average molecular weight is 244 g/mol. The molecule has 5 heteroatoms. The summed E-state index contributed by atoms with van der Waals surface area (Å²) in [5.41, 5.74) is 2.91. The molecule has 1 aliphatic carbocycles. The molecule has 0 saturated heterocycles. The second-order valence-corrected chi connectivity index (χ2v) is 4.40. The minimum absolute atomic E-state index is 0.254. The van der Waals surface area contributed by atoms with Crippen LogP contribution in [0.5, 0.6) is 0 Å². The summed E-state index contributed by atoms with van der Waals surface area (Å²) in [5.74, 6) is 5.30. The first-order valence-corrected chi connectivity index (χ1v) is 5.65. The Bertz CT molecular complexity index is 386. The standard InChI is InChI=1S/C12H15F3N2/c13-12(14,15)11(17-16)10-7-2-1-6-9(10)8-4-3-5-8/h1-2,6-8,11,17H,3-5,16H2. The number of nitrogens with two attached hydrogens (primary N) is 1. The third kappa shape index (κ3) is 2.45. The number of alkyl halides is 3. The molecule has 1 aromatic rings. The topological polar surface area (TPSA) is 38.0 Å². The fourth-order valence-electron chi connectivity index (χ4n) is 2.23. The van der Waals surface area contributed by atoms with E-state index in [2.05, 4.69) is 0 Å². The maximum Gasteiger partial charge on any atom is 0.409 e. The first kappa shape index (κ1) is 12.4. The number of nitrogens with one attached hydrogen (secondary N) is 1. The first-order valence-electron chi connectivity index (χ1n) is 5.65. The molecule has 0 spiro atoms. The molecule has 2 nitrogen and oxygen atoms in total. The highest BCUT2D eigenvalue weighted by Crippen LogP contribution is 2.42. The lowest BCUT2D eigenvalue weighted by molar-refractivity contribution is -0.158. The molecule has 1 aliphatic rings. The molecule has 1 aromatic carbocycles. The molecule has 0 bridgehead atoms. The van der Waals surface area contributed by atoms with Crippen molar-refractivity contribution in [2.24, 2.45) is 5.84 Å². The molecule has 1 saturated carbocycles. The summed E-state index contributed by atoms with van der Waals surface area (Å²) in [6.07, 6.45) is -1.35. The van der Waals surface area contributed by atoms with E-state index in [1.165, 1.54) is 6.07 Å². The number of halogens is 3. The van der Waals surface area contributed by atoms with E-state index in [9.17, 15) is 13.2 Å². The van der Waals surface area contributed by atoms with Gasteiger partial charge in [0, 0.05) is 0 Å². The molecule has 0 aromatic heterocycles. The van der Waals surface area contributed by atoms with E-state index in [0.717, 1.165) is 24.8 Å². The van der Waals surface area contributed by atoms with Gasteiger partial charge >= 0.3 is 6.18 Å². The van der Waals surface area contributed by atoms with Crippen LogP contribution in [0.1, 0.15) is 42.3 Å². The van der Waals surface area contributed by atoms with Gasteiger partial charge in [0.05, 0.1) is 0 Å². The Hall–Kier alpha value is -1.07. The highest BCUT2D eigenvalue weighted by atomic mass is 19.4. The Kier molecular flexibility index (Phi) is 3.40. The molecule has 94 valence electrons. The van der Waals surface area contributed by atoms with Crippen molar-refractivity contribution in [2.45, 2.75) is 37.4 Å². The van der Waals surface area contributed by atoms with Crippen LogP contribution < -0.4 is 11.3 Å². The van der Waals surface area contributed by atoms with Gasteiger partial charge in [0.1, 0.15) is 6.04 Å². The van der Waals surface area contributed by atoms with Crippen molar-refractivity contribution in [2.75, 3.05) is 0 Å². The van der Waals surface area contributed by atoms with Gasteiger partial charge in [-0.25, -0.2) is 5.43 Å². The number of benzene rings is 1. The zero-order valence-corrected chi connectivity index (χ0v) is 9.30. The summed E-state index contributed by atoms with van der Waals surface area (Å²) >= 11 is 0. The average Bonchev–Trinajstić information content (AvgIpc) is 2.16. The van der Waals surface area contributed by atoms with Gasteiger partial charge in [-0.2, -0.15) is 13.2 Å². The predicted molar refractivity (Wildman–Crippen MR) is 59.2 cm³/mol. The zero-order chi connectivity index (χ0) is 12.5. The van der Waals surface area contributed by atoms with Gasteiger partial charge in [0.2, 0.25) is 0 Å². The third-order valence-electron chi connectivity index (χ3n) is 3.35. The first-order chi connectivity index (χ1) is 8.04. The van der Waals surface area contributed by atoms with Crippen LogP contribution in [-0.4, -0.2) is 6.18 Å². The van der Waals surface area contributed by atoms with Crippen LogP contribution in [-0.2, 0) is 0 Å². The van der Waals surface area contributed by atoms with Gasteiger partial charge < -0.3 is 0 Å². The van der Waals surface area contributed by atoms with Gasteiger partial charge in [-0.15, -0.1) is 0 Å². The zero-order valence-electron chi connectivity index (χ0n) is 9.30. The van der Waals surface area contributed by atoms with E-state index < -0.39 is 12.2 Å². The molecular weight excluding hydrogens is 229 g/mol. The summed E-state index contributed by atoms with van der Waals surface area (Å²) in [6, 6.07) is 4.90. The molecule has 1 unspecified atom stereocenters. The SMILES string of the molecule is NNC(c1ccccc1C1CCC1)C(F)(F)F. The summed E-state index contributed by atoms with van der Waals surface area (Å²) in [6.45, 7) is 0. The number of hydrogen-bond donors (Lipinski definition) is 2. The maximum absolute atomic E-state index is 12.8. The number of hydrazine groups is 1. The number of rotatable bonds is 3. The van der Waals surface area contributed by atoms with Crippen molar-refractivity contribution in [3.8, 4) is 0 Å². The van der Waals surface area contributed by atoms with E-state index in [0.29, 0.717) is 0 Å². The monoisotopic (exact) mass is 244 g/mol. The second kappa shape index (κ2) is 4.66. The summed E-state index contributed by atoms with van der Waals surface area (Å²) in [7, 11) is 0. The molecule has 0 amide bonds. The van der Waals surface area contributed by atoms with Crippen molar-refractivity contribution >= 4 is 0 Å². The van der Waals surface area contributed by atoms with Crippen molar-refractivity contribution < 1.29 is 13.2 Å². The van der Waals surface area contributed by atoms with E-state index in [-0.39, 0.29) is 11.5 Å². The van der Waals surface area contributed by atoms with Crippen LogP contribution in [0.2, 0.25) is 0 Å². The van der Waals surface area contributed by atoms with Crippen LogP contribution in [0.3, 0.4) is 0 Å². The molecule has 0 heterocycles. The summed E-state index contributed by atoms with van der Waals surface area (Å²) in [4.78, 5) is 0. The summed E-state index contributed by atoms with van der Waals surface area (Å²) < 4.78 is 38.5. The van der Waals surface area contributed by atoms with Gasteiger partial charge in [-0.05, 0) is 29.9 Å². The summed E-state index contributed by atoms with van der Waals surface area (Å²) in [5, 5.41) is 0. The molecule has 1 fully saturated rings. The van der Waals surface area contributed by atoms with Crippen LogP contribution >= 0.6 is 0 Å². The van der Waals surface area contributed by atoms with Crippen LogP contribution in [0.15, 0.2) is 24.3 Å². The lowest BCUT2D eigenvalue weighted by Crippen LogP contribution is -2.39. The van der Waals surface area contributed by atoms with Crippen molar-refractivity contribution in [1.82, 2.24) is 5.43 Å². The molecular formula is C12H15F3N2. The second-order valence-electron chi connectivity index (χ2n) is 4.40. The van der Waals surface area contributed by atoms with Crippen LogP contribution in [0.25, 0.3) is 0 Å². The molecule has 17 heavy (non-hydrogen) atoms. The van der Waals surface area contributed by atoms with Gasteiger partial charge in [0.15, 0.2) is 0 Å². The normalized spacial score (nSPS) is 18.8. The quantitative estimate of drug-likeness (QED) is 0.633. The van der Waals surface area contributed by atoms with E-state index in [1.807, 2.05) is 5.43 Å². The lowest BCUT2D eigenvalue weighted by Gasteiger charge is -2.30. The largest absolute Gasteiger partial charge is 0.409 e. The van der Waals surface area contributed by atoms with Crippen LogP contribution in [0, 0.1) is 0 Å². The van der Waals surface area contributed by atoms with Crippen LogP contribution in [0.4, 0.5) is 13.2 Å². The van der Waals surface area contributed by atoms with Crippen molar-refractivity contribution in [3.05, 3.63) is 35.4 Å². The highest BCUT2D eigenvalue weighted by Gasteiger charge is 2.42. The molecule has 1 atom stereocenters. The smallest absolute Gasteiger partial charge is 0.271 e. The maximum atomic E-state index is 12.8. The van der Waals surface area contributed by atoms with E-state index in [1.54, 1.807) is 18.2 Å². The van der Waals surface area contributed by atoms with Gasteiger partial charge in [-0.1, -0.05) is 30.7 Å². The molecule has 3 N–H and O–H groups in total. The molecule has 0 radical (unpaired) electrons. The van der Waals surface area contributed by atoms with E-state index >= 15 is 0 Å². The minimum Gasteiger partial charge on any atom is -0.271 e.